The molecule has 6 heteroatoms. The highest BCUT2D eigenvalue weighted by atomic mass is 35.5. The maximum Gasteiger partial charge on any atom is 0.183 e. The number of methoxy groups -OCH3 is 2. The van der Waals surface area contributed by atoms with Gasteiger partial charge >= 0.3 is 0 Å². The molecular weight excluding hydrogens is 260 g/mol. The molecule has 0 fully saturated rings. The van der Waals surface area contributed by atoms with Gasteiger partial charge in [-0.25, -0.2) is 4.98 Å². The summed E-state index contributed by atoms with van der Waals surface area (Å²) in [5, 5.41) is 4.57. The molecule has 17 heavy (non-hydrogen) atoms. The third-order valence-corrected chi connectivity index (χ3v) is 3.82. The number of anilines is 1. The molecule has 0 atom stereocenters. The molecule has 0 amide bonds. The standard InChI is InChI=1S/C11H13ClN2O2S/c1-4-13-11-14-9-7(16-3)5-6(15-2)8(12)10(9)17-11/h5H,4H2,1-3H3,(H,13,14). The van der Waals surface area contributed by atoms with Gasteiger partial charge in [0.05, 0.1) is 18.9 Å². The van der Waals surface area contributed by atoms with Gasteiger partial charge in [-0.3, -0.25) is 0 Å². The van der Waals surface area contributed by atoms with Crippen LogP contribution in [-0.2, 0) is 0 Å². The van der Waals surface area contributed by atoms with Crippen LogP contribution in [0.2, 0.25) is 5.02 Å². The first-order valence-corrected chi connectivity index (χ1v) is 6.35. The van der Waals surface area contributed by atoms with Crippen LogP contribution in [0.5, 0.6) is 11.5 Å². The van der Waals surface area contributed by atoms with Crippen LogP contribution in [-0.4, -0.2) is 25.7 Å². The molecule has 0 spiro atoms. The van der Waals surface area contributed by atoms with Gasteiger partial charge in [-0.2, -0.15) is 0 Å². The Kier molecular flexibility index (Phi) is 3.59. The number of fused-ring (bicyclic) bond motifs is 1. The zero-order valence-electron chi connectivity index (χ0n) is 9.83. The quantitative estimate of drug-likeness (QED) is 0.926. The predicted octanol–water partition coefficient (Wildman–Crippen LogP) is 3.40. The second kappa shape index (κ2) is 4.98. The number of ether oxygens (including phenoxy) is 2. The van der Waals surface area contributed by atoms with E-state index in [0.29, 0.717) is 16.5 Å². The fraction of sp³-hybridized carbons (Fsp3) is 0.364. The van der Waals surface area contributed by atoms with Gasteiger partial charge in [-0.05, 0) is 6.92 Å². The van der Waals surface area contributed by atoms with E-state index in [1.807, 2.05) is 6.92 Å². The second-order valence-corrected chi connectivity index (χ2v) is 4.70. The average Bonchev–Trinajstić information content (AvgIpc) is 2.75. The van der Waals surface area contributed by atoms with Gasteiger partial charge in [0.1, 0.15) is 22.0 Å². The number of hydrogen-bond donors (Lipinski definition) is 1. The van der Waals surface area contributed by atoms with Crippen molar-refractivity contribution < 1.29 is 9.47 Å². The minimum Gasteiger partial charge on any atom is -0.495 e. The lowest BCUT2D eigenvalue weighted by atomic mass is 10.3. The molecule has 92 valence electrons. The number of aromatic nitrogens is 1. The molecule has 0 unspecified atom stereocenters. The van der Waals surface area contributed by atoms with Crippen molar-refractivity contribution in [2.24, 2.45) is 0 Å². The van der Waals surface area contributed by atoms with Crippen molar-refractivity contribution in [1.29, 1.82) is 0 Å². The lowest BCUT2D eigenvalue weighted by Gasteiger charge is -2.06. The van der Waals surface area contributed by atoms with Crippen LogP contribution in [0.3, 0.4) is 0 Å². The second-order valence-electron chi connectivity index (χ2n) is 3.32. The van der Waals surface area contributed by atoms with Gasteiger partial charge in [0, 0.05) is 12.6 Å². The molecular formula is C11H13ClN2O2S. The molecule has 2 aromatic rings. The SMILES string of the molecule is CCNc1nc2c(OC)cc(OC)c(Cl)c2s1. The zero-order chi connectivity index (χ0) is 12.4. The maximum atomic E-state index is 6.25. The van der Waals surface area contributed by atoms with Crippen molar-refractivity contribution in [2.75, 3.05) is 26.1 Å². The fourth-order valence-electron chi connectivity index (χ4n) is 1.53. The number of rotatable bonds is 4. The lowest BCUT2D eigenvalue weighted by molar-refractivity contribution is 0.398. The Balaban J connectivity index is 2.67. The van der Waals surface area contributed by atoms with Crippen molar-refractivity contribution in [3.63, 3.8) is 0 Å². The Morgan fingerprint density at radius 3 is 2.65 bits per heavy atom. The molecule has 1 aromatic carbocycles. The van der Waals surface area contributed by atoms with E-state index < -0.39 is 0 Å². The maximum absolute atomic E-state index is 6.25. The van der Waals surface area contributed by atoms with Crippen LogP contribution < -0.4 is 14.8 Å². The van der Waals surface area contributed by atoms with E-state index in [1.165, 1.54) is 11.3 Å². The summed E-state index contributed by atoms with van der Waals surface area (Å²) in [5.74, 6) is 1.27. The molecule has 1 aromatic heterocycles. The molecule has 0 bridgehead atoms. The zero-order valence-corrected chi connectivity index (χ0v) is 11.4. The van der Waals surface area contributed by atoms with Gasteiger partial charge in [-0.1, -0.05) is 22.9 Å². The van der Waals surface area contributed by atoms with Gasteiger partial charge in [0.2, 0.25) is 0 Å². The Morgan fingerprint density at radius 1 is 1.35 bits per heavy atom. The summed E-state index contributed by atoms with van der Waals surface area (Å²) in [7, 11) is 3.19. The highest BCUT2D eigenvalue weighted by Crippen LogP contribution is 2.42. The Morgan fingerprint density at radius 2 is 2.06 bits per heavy atom. The molecule has 0 saturated heterocycles. The summed E-state index contributed by atoms with van der Waals surface area (Å²) in [4.78, 5) is 4.45. The Hall–Kier alpha value is -1.20. The number of halogens is 1. The molecule has 0 aliphatic heterocycles. The number of hydrogen-bond acceptors (Lipinski definition) is 5. The molecule has 1 N–H and O–H groups in total. The minimum absolute atomic E-state index is 0.574. The Labute approximate surface area is 109 Å². The monoisotopic (exact) mass is 272 g/mol. The summed E-state index contributed by atoms with van der Waals surface area (Å²) in [5.41, 5.74) is 0.763. The van der Waals surface area contributed by atoms with Crippen LogP contribution in [0.1, 0.15) is 6.92 Å². The number of benzene rings is 1. The first-order valence-electron chi connectivity index (χ1n) is 5.16. The lowest BCUT2D eigenvalue weighted by Crippen LogP contribution is -1.94. The van der Waals surface area contributed by atoms with Crippen molar-refractivity contribution in [2.45, 2.75) is 6.92 Å². The summed E-state index contributed by atoms with van der Waals surface area (Å²) in [6.07, 6.45) is 0. The number of thiazole rings is 1. The molecule has 0 aliphatic carbocycles. The molecule has 2 rings (SSSR count). The molecule has 0 radical (unpaired) electrons. The van der Waals surface area contributed by atoms with Crippen LogP contribution in [0.15, 0.2) is 6.07 Å². The first kappa shape index (κ1) is 12.3. The Bertz CT molecular complexity index is 542. The highest BCUT2D eigenvalue weighted by Gasteiger charge is 2.16. The molecule has 0 aliphatic rings. The summed E-state index contributed by atoms with van der Waals surface area (Å²) >= 11 is 7.74. The molecule has 4 nitrogen and oxygen atoms in total. The fourth-order valence-corrected chi connectivity index (χ4v) is 2.85. The topological polar surface area (TPSA) is 43.4 Å². The van der Waals surface area contributed by atoms with Gasteiger partial charge in [0.25, 0.3) is 0 Å². The van der Waals surface area contributed by atoms with Gasteiger partial charge < -0.3 is 14.8 Å². The van der Waals surface area contributed by atoms with Crippen LogP contribution in [0.25, 0.3) is 10.2 Å². The van der Waals surface area contributed by atoms with E-state index in [0.717, 1.165) is 21.9 Å². The first-order chi connectivity index (χ1) is 8.21. The van der Waals surface area contributed by atoms with E-state index in [4.69, 9.17) is 21.1 Å². The van der Waals surface area contributed by atoms with Gasteiger partial charge in [0.15, 0.2) is 5.13 Å². The van der Waals surface area contributed by atoms with Crippen LogP contribution in [0, 0.1) is 0 Å². The van der Waals surface area contributed by atoms with E-state index >= 15 is 0 Å². The van der Waals surface area contributed by atoms with E-state index in [-0.39, 0.29) is 0 Å². The summed E-state index contributed by atoms with van der Waals surface area (Å²) < 4.78 is 11.4. The number of nitrogens with one attached hydrogen (secondary N) is 1. The smallest absolute Gasteiger partial charge is 0.183 e. The van der Waals surface area contributed by atoms with E-state index in [2.05, 4.69) is 10.3 Å². The summed E-state index contributed by atoms with van der Waals surface area (Å²) in [6, 6.07) is 1.75. The largest absolute Gasteiger partial charge is 0.495 e. The van der Waals surface area contributed by atoms with E-state index in [9.17, 15) is 0 Å². The van der Waals surface area contributed by atoms with Crippen molar-refractivity contribution in [1.82, 2.24) is 4.98 Å². The third-order valence-electron chi connectivity index (χ3n) is 2.31. The normalized spacial score (nSPS) is 10.6. The van der Waals surface area contributed by atoms with Gasteiger partial charge in [-0.15, -0.1) is 0 Å². The predicted molar refractivity (Wildman–Crippen MR) is 71.9 cm³/mol. The third kappa shape index (κ3) is 2.12. The van der Waals surface area contributed by atoms with Crippen LogP contribution >= 0.6 is 22.9 Å². The highest BCUT2D eigenvalue weighted by molar-refractivity contribution is 7.22. The van der Waals surface area contributed by atoms with Crippen molar-refractivity contribution in [3.8, 4) is 11.5 Å². The minimum atomic E-state index is 0.574. The summed E-state index contributed by atoms with van der Waals surface area (Å²) in [6.45, 7) is 2.84. The van der Waals surface area contributed by atoms with Crippen molar-refractivity contribution in [3.05, 3.63) is 11.1 Å². The van der Waals surface area contributed by atoms with Crippen LogP contribution in [0.4, 0.5) is 5.13 Å². The van der Waals surface area contributed by atoms with E-state index in [1.54, 1.807) is 20.3 Å². The average molecular weight is 273 g/mol. The molecule has 1 heterocycles. The van der Waals surface area contributed by atoms with Crippen molar-refractivity contribution >= 4 is 38.3 Å². The molecule has 0 saturated carbocycles. The number of nitrogens with zero attached hydrogens (tertiary/aromatic N) is 1.